The number of rotatable bonds is 4. The summed E-state index contributed by atoms with van der Waals surface area (Å²) in [5, 5.41) is 11.4. The summed E-state index contributed by atoms with van der Waals surface area (Å²) in [5.41, 5.74) is 1.86. The summed E-state index contributed by atoms with van der Waals surface area (Å²) in [7, 11) is 0. The Morgan fingerprint density at radius 2 is 1.33 bits per heavy atom. The highest BCUT2D eigenvalue weighted by Gasteiger charge is 2.23. The molecule has 18 heavy (non-hydrogen) atoms. The third-order valence-corrected chi connectivity index (χ3v) is 5.27. The highest BCUT2D eigenvalue weighted by Crippen LogP contribution is 2.34. The topological polar surface area (TPSA) is 23.5 Å². The Morgan fingerprint density at radius 3 is 1.89 bits per heavy atom. The number of hydrogen-bond acceptors (Lipinski definition) is 2. The highest BCUT2D eigenvalue weighted by molar-refractivity contribution is 9.12. The standard InChI is InChI=1S/C14H13Br2NO/c15-13(11-7-3-1-4-8-11)14(16)17(18)12-9-5-2-6-10-12/h1-10,13-14,18H/t13-,14-/m0/s1. The zero-order chi connectivity index (χ0) is 13.0. The molecule has 2 rings (SSSR count). The molecule has 0 aromatic heterocycles. The van der Waals surface area contributed by atoms with Gasteiger partial charge in [-0.15, -0.1) is 0 Å². The summed E-state index contributed by atoms with van der Waals surface area (Å²) in [6, 6.07) is 19.4. The molecule has 0 saturated heterocycles. The van der Waals surface area contributed by atoms with Gasteiger partial charge < -0.3 is 0 Å². The largest absolute Gasteiger partial charge is 0.287 e. The minimum atomic E-state index is -0.248. The van der Waals surface area contributed by atoms with E-state index in [0.717, 1.165) is 11.3 Å². The number of benzene rings is 2. The monoisotopic (exact) mass is 369 g/mol. The molecule has 0 aliphatic rings. The van der Waals surface area contributed by atoms with E-state index in [1.807, 2.05) is 60.7 Å². The molecule has 94 valence electrons. The number of para-hydroxylation sites is 1. The first-order chi connectivity index (χ1) is 8.70. The van der Waals surface area contributed by atoms with Crippen LogP contribution >= 0.6 is 31.9 Å². The molecule has 0 radical (unpaired) electrons. The zero-order valence-electron chi connectivity index (χ0n) is 9.58. The fourth-order valence-corrected chi connectivity index (χ4v) is 2.71. The van der Waals surface area contributed by atoms with Crippen molar-refractivity contribution in [2.24, 2.45) is 0 Å². The number of anilines is 1. The molecule has 0 aliphatic carbocycles. The van der Waals surface area contributed by atoms with Gasteiger partial charge in [0.05, 0.1) is 10.5 Å². The second-order valence-corrected chi connectivity index (χ2v) is 5.79. The first-order valence-electron chi connectivity index (χ1n) is 5.56. The van der Waals surface area contributed by atoms with E-state index in [1.165, 1.54) is 5.06 Å². The molecule has 2 aromatic carbocycles. The molecule has 0 fully saturated rings. The molecule has 0 amide bonds. The Balaban J connectivity index is 2.14. The van der Waals surface area contributed by atoms with E-state index in [0.29, 0.717) is 0 Å². The van der Waals surface area contributed by atoms with E-state index >= 15 is 0 Å². The van der Waals surface area contributed by atoms with Crippen molar-refractivity contribution < 1.29 is 5.21 Å². The first-order valence-corrected chi connectivity index (χ1v) is 7.39. The molecule has 0 aliphatic heterocycles. The van der Waals surface area contributed by atoms with Crippen LogP contribution in [0.1, 0.15) is 10.4 Å². The van der Waals surface area contributed by atoms with Gasteiger partial charge in [-0.25, -0.2) is 5.06 Å². The third-order valence-electron chi connectivity index (χ3n) is 2.61. The molecule has 4 heteroatoms. The SMILES string of the molecule is ON(c1ccccc1)[C@H](Br)[C@@H](Br)c1ccccc1. The number of hydroxylamine groups is 1. The smallest absolute Gasteiger partial charge is 0.127 e. The van der Waals surface area contributed by atoms with Crippen LogP contribution in [-0.4, -0.2) is 10.2 Å². The predicted octanol–water partition coefficient (Wildman–Crippen LogP) is 4.74. The fraction of sp³-hybridized carbons (Fsp3) is 0.143. The van der Waals surface area contributed by atoms with Crippen molar-refractivity contribution in [3.63, 3.8) is 0 Å². The summed E-state index contributed by atoms with van der Waals surface area (Å²) >= 11 is 7.11. The lowest BCUT2D eigenvalue weighted by Gasteiger charge is -2.27. The van der Waals surface area contributed by atoms with Crippen LogP contribution in [0.25, 0.3) is 0 Å². The number of alkyl halides is 2. The Labute approximate surface area is 123 Å². The van der Waals surface area contributed by atoms with Crippen LogP contribution in [0, 0.1) is 0 Å². The van der Waals surface area contributed by atoms with Gasteiger partial charge in [-0.2, -0.15) is 0 Å². The van der Waals surface area contributed by atoms with Crippen LogP contribution in [0.2, 0.25) is 0 Å². The van der Waals surface area contributed by atoms with Gasteiger partial charge in [0.25, 0.3) is 0 Å². The van der Waals surface area contributed by atoms with Crippen molar-refractivity contribution >= 4 is 37.5 Å². The summed E-state index contributed by atoms with van der Waals surface area (Å²) in [4.78, 5) is -0.258. The zero-order valence-corrected chi connectivity index (χ0v) is 12.8. The minimum absolute atomic E-state index is 0.0103. The molecule has 1 N–H and O–H groups in total. The Bertz CT molecular complexity index is 432. The minimum Gasteiger partial charge on any atom is -0.287 e. The molecule has 0 saturated carbocycles. The highest BCUT2D eigenvalue weighted by atomic mass is 79.9. The normalized spacial score (nSPS) is 13.9. The van der Waals surface area contributed by atoms with E-state index < -0.39 is 0 Å². The van der Waals surface area contributed by atoms with Gasteiger partial charge in [0.1, 0.15) is 4.95 Å². The lowest BCUT2D eigenvalue weighted by molar-refractivity contribution is 0.246. The Kier molecular flexibility index (Phi) is 4.80. The van der Waals surface area contributed by atoms with Gasteiger partial charge in [-0.05, 0) is 17.7 Å². The average Bonchev–Trinajstić information content (AvgIpc) is 2.47. The maximum absolute atomic E-state index is 10.2. The average molecular weight is 371 g/mol. The molecule has 2 atom stereocenters. The van der Waals surface area contributed by atoms with E-state index in [2.05, 4.69) is 31.9 Å². The molecule has 0 heterocycles. The lowest BCUT2D eigenvalue weighted by atomic mass is 10.1. The second kappa shape index (κ2) is 6.36. The molecular weight excluding hydrogens is 358 g/mol. The maximum atomic E-state index is 10.2. The van der Waals surface area contributed by atoms with Gasteiger partial charge in [-0.1, -0.05) is 80.4 Å². The predicted molar refractivity (Wildman–Crippen MR) is 81.5 cm³/mol. The molecule has 0 unspecified atom stereocenters. The van der Waals surface area contributed by atoms with E-state index in [4.69, 9.17) is 0 Å². The first kappa shape index (κ1) is 13.6. The van der Waals surface area contributed by atoms with Crippen molar-refractivity contribution in [1.29, 1.82) is 0 Å². The quantitative estimate of drug-likeness (QED) is 0.477. The van der Waals surface area contributed by atoms with E-state index in [-0.39, 0.29) is 9.78 Å². The number of nitrogens with zero attached hydrogens (tertiary/aromatic N) is 1. The Hall–Kier alpha value is -0.840. The van der Waals surface area contributed by atoms with Crippen LogP contribution in [0.15, 0.2) is 60.7 Å². The lowest BCUT2D eigenvalue weighted by Crippen LogP contribution is -2.30. The molecule has 0 spiro atoms. The van der Waals surface area contributed by atoms with Crippen molar-refractivity contribution in [1.82, 2.24) is 0 Å². The van der Waals surface area contributed by atoms with E-state index in [1.54, 1.807) is 0 Å². The van der Waals surface area contributed by atoms with Crippen molar-refractivity contribution in [2.75, 3.05) is 5.06 Å². The number of halogens is 2. The molecular formula is C14H13Br2NO. The van der Waals surface area contributed by atoms with Crippen LogP contribution < -0.4 is 5.06 Å². The van der Waals surface area contributed by atoms with Gasteiger partial charge in [0.15, 0.2) is 0 Å². The summed E-state index contributed by atoms with van der Waals surface area (Å²) < 4.78 is 0. The summed E-state index contributed by atoms with van der Waals surface area (Å²) in [6.07, 6.45) is 0. The van der Waals surface area contributed by atoms with Crippen molar-refractivity contribution in [3.8, 4) is 0 Å². The summed E-state index contributed by atoms with van der Waals surface area (Å²) in [6.45, 7) is 0. The molecule has 2 nitrogen and oxygen atoms in total. The van der Waals surface area contributed by atoms with Crippen LogP contribution in [0.3, 0.4) is 0 Å². The maximum Gasteiger partial charge on any atom is 0.127 e. The van der Waals surface area contributed by atoms with E-state index in [9.17, 15) is 5.21 Å². The summed E-state index contributed by atoms with van der Waals surface area (Å²) in [5.74, 6) is 0. The fourth-order valence-electron chi connectivity index (χ4n) is 1.64. The van der Waals surface area contributed by atoms with Crippen LogP contribution in [0.5, 0.6) is 0 Å². The van der Waals surface area contributed by atoms with Crippen molar-refractivity contribution in [3.05, 3.63) is 66.2 Å². The Morgan fingerprint density at radius 1 is 0.833 bits per heavy atom. The van der Waals surface area contributed by atoms with Gasteiger partial charge in [0, 0.05) is 0 Å². The van der Waals surface area contributed by atoms with Gasteiger partial charge in [0.2, 0.25) is 0 Å². The van der Waals surface area contributed by atoms with Crippen molar-refractivity contribution in [2.45, 2.75) is 9.78 Å². The van der Waals surface area contributed by atoms with Gasteiger partial charge in [-0.3, -0.25) is 5.21 Å². The third kappa shape index (κ3) is 3.13. The molecule has 0 bridgehead atoms. The molecule has 2 aromatic rings. The number of hydrogen-bond donors (Lipinski definition) is 1. The second-order valence-electron chi connectivity index (χ2n) is 3.87. The van der Waals surface area contributed by atoms with Crippen LogP contribution in [-0.2, 0) is 0 Å². The van der Waals surface area contributed by atoms with Gasteiger partial charge >= 0.3 is 0 Å². The van der Waals surface area contributed by atoms with Crippen LogP contribution in [0.4, 0.5) is 5.69 Å².